The minimum Gasteiger partial charge on any atom is -0.478 e. The number of aliphatic carboxylic acids is 1. The number of aliphatic hydroxyl groups is 2. The number of nitrogen functional groups attached to an aromatic ring is 1. The van der Waals surface area contributed by atoms with Crippen LogP contribution in [-0.4, -0.2) is 134 Å². The lowest BCUT2D eigenvalue weighted by Crippen LogP contribution is -2.46. The lowest BCUT2D eigenvalue weighted by Gasteiger charge is -2.30. The fourth-order valence-electron chi connectivity index (χ4n) is 5.19. The summed E-state index contributed by atoms with van der Waals surface area (Å²) in [6.45, 7) is 0.360. The molecule has 1 saturated heterocycles. The van der Waals surface area contributed by atoms with Gasteiger partial charge in [0.2, 0.25) is 11.8 Å². The molecule has 3 heterocycles. The van der Waals surface area contributed by atoms with Crippen molar-refractivity contribution in [1.82, 2.24) is 30.2 Å². The SMILES string of the molecule is CC(C)(COP(=O)(O)OP(=O)(O)OCC1OC(n2cnc3c(N)ncnc32)C(O)C1OP(=O)(O)O)C(O)C(=O)NCCC(=O)NCCSC(=O)C/C=C/CCC/C=C/C(=O)O. The van der Waals surface area contributed by atoms with Gasteiger partial charge in [0.05, 0.1) is 19.5 Å². The van der Waals surface area contributed by atoms with Gasteiger partial charge in [0, 0.05) is 43.2 Å². The third-order valence-electron chi connectivity index (χ3n) is 8.22. The minimum atomic E-state index is -5.59. The van der Waals surface area contributed by atoms with Crippen LogP contribution < -0.4 is 16.4 Å². The quantitative estimate of drug-likeness (QED) is 0.0264. The summed E-state index contributed by atoms with van der Waals surface area (Å²) in [5, 5.41) is 34.8. The van der Waals surface area contributed by atoms with Crippen molar-refractivity contribution in [2.75, 3.05) is 37.8 Å². The molecule has 7 unspecified atom stereocenters. The highest BCUT2D eigenvalue weighted by atomic mass is 32.2. The molecule has 2 aromatic rings. The second-order valence-corrected chi connectivity index (χ2v) is 19.0. The molecule has 26 nitrogen and oxygen atoms in total. The van der Waals surface area contributed by atoms with E-state index in [1.54, 1.807) is 12.2 Å². The highest BCUT2D eigenvalue weighted by Crippen LogP contribution is 2.61. The Morgan fingerprint density at radius 1 is 1.02 bits per heavy atom. The first-order valence-corrected chi connectivity index (χ1v) is 23.5. The number of nitrogens with zero attached hydrogens (tertiary/aromatic N) is 4. The Balaban J connectivity index is 1.41. The van der Waals surface area contributed by atoms with Gasteiger partial charge in [-0.25, -0.2) is 33.4 Å². The second kappa shape index (κ2) is 23.3. The third-order valence-corrected chi connectivity index (χ3v) is 12.2. The number of allylic oxidation sites excluding steroid dienone is 3. The van der Waals surface area contributed by atoms with Crippen molar-refractivity contribution < 1.29 is 90.4 Å². The molecule has 0 bridgehead atoms. The van der Waals surface area contributed by atoms with E-state index < -0.39 is 90.5 Å². The molecular formula is C31H48N7O19P3S. The molecule has 3 rings (SSSR count). The summed E-state index contributed by atoms with van der Waals surface area (Å²) in [6, 6.07) is 0. The van der Waals surface area contributed by atoms with Gasteiger partial charge < -0.3 is 56.0 Å². The number of carbonyl (C=O) groups is 4. The van der Waals surface area contributed by atoms with Crippen LogP contribution in [-0.2, 0) is 55.5 Å². The Kier molecular flexibility index (Phi) is 19.8. The number of carbonyl (C=O) groups excluding carboxylic acids is 3. The molecule has 1 aliphatic rings. The monoisotopic (exact) mass is 947 g/mol. The number of fused-ring (bicyclic) bond motifs is 1. The van der Waals surface area contributed by atoms with E-state index in [1.165, 1.54) is 13.8 Å². The van der Waals surface area contributed by atoms with Crippen molar-refractivity contribution in [3.05, 3.63) is 37.0 Å². The van der Waals surface area contributed by atoms with E-state index in [-0.39, 0.29) is 48.0 Å². The number of thioether (sulfide) groups is 1. The summed E-state index contributed by atoms with van der Waals surface area (Å²) < 4.78 is 62.1. The smallest absolute Gasteiger partial charge is 0.478 e. The van der Waals surface area contributed by atoms with Gasteiger partial charge in [-0.05, 0) is 19.3 Å². The fourth-order valence-corrected chi connectivity index (χ4v) is 8.66. The molecule has 342 valence electrons. The molecule has 30 heteroatoms. The number of phosphoric ester groups is 3. The molecule has 0 saturated carbocycles. The van der Waals surface area contributed by atoms with Gasteiger partial charge in [-0.1, -0.05) is 43.8 Å². The van der Waals surface area contributed by atoms with E-state index >= 15 is 0 Å². The van der Waals surface area contributed by atoms with E-state index in [0.29, 0.717) is 18.6 Å². The summed E-state index contributed by atoms with van der Waals surface area (Å²) in [5.41, 5.74) is 4.22. The molecule has 7 atom stereocenters. The van der Waals surface area contributed by atoms with Crippen molar-refractivity contribution >= 4 is 75.1 Å². The van der Waals surface area contributed by atoms with Crippen molar-refractivity contribution in [2.45, 2.75) is 76.6 Å². The number of ether oxygens (including phenoxy) is 1. The van der Waals surface area contributed by atoms with Crippen molar-refractivity contribution in [3.8, 4) is 0 Å². The highest BCUT2D eigenvalue weighted by Gasteiger charge is 2.50. The number of anilines is 1. The van der Waals surface area contributed by atoms with Crippen LogP contribution in [0.15, 0.2) is 37.0 Å². The van der Waals surface area contributed by atoms with Crippen molar-refractivity contribution in [1.29, 1.82) is 0 Å². The predicted octanol–water partition coefficient (Wildman–Crippen LogP) is 0.422. The zero-order valence-electron chi connectivity index (χ0n) is 32.6. The lowest BCUT2D eigenvalue weighted by molar-refractivity contribution is -0.137. The first-order valence-electron chi connectivity index (χ1n) is 18.0. The highest BCUT2D eigenvalue weighted by molar-refractivity contribution is 8.13. The average molecular weight is 948 g/mol. The summed E-state index contributed by atoms with van der Waals surface area (Å²) in [4.78, 5) is 98.1. The van der Waals surface area contributed by atoms with Crippen LogP contribution in [0.2, 0.25) is 0 Å². The number of unbranched alkanes of at least 4 members (excludes halogenated alkanes) is 2. The number of nitrogens with one attached hydrogen (secondary N) is 2. The first-order chi connectivity index (χ1) is 28.4. The Morgan fingerprint density at radius 2 is 1.70 bits per heavy atom. The second-order valence-electron chi connectivity index (χ2n) is 13.6. The molecule has 0 radical (unpaired) electrons. The maximum atomic E-state index is 12.7. The van der Waals surface area contributed by atoms with Crippen LogP contribution in [0.1, 0.15) is 52.2 Å². The fraction of sp³-hybridized carbons (Fsp3) is 0.581. The number of hydrogen-bond donors (Lipinski definition) is 10. The third kappa shape index (κ3) is 17.7. The Morgan fingerprint density at radius 3 is 2.39 bits per heavy atom. The largest absolute Gasteiger partial charge is 0.481 e. The Hall–Kier alpha value is -3.49. The number of hydrogen-bond acceptors (Lipinski definition) is 19. The van der Waals surface area contributed by atoms with Gasteiger partial charge in [0.1, 0.15) is 36.3 Å². The summed E-state index contributed by atoms with van der Waals surface area (Å²) in [6.07, 6.45) is 1.34. The van der Waals surface area contributed by atoms with Crippen LogP contribution in [0.25, 0.3) is 11.2 Å². The predicted molar refractivity (Wildman–Crippen MR) is 211 cm³/mol. The summed E-state index contributed by atoms with van der Waals surface area (Å²) in [7, 11) is -16.4. The molecular weight excluding hydrogens is 899 g/mol. The average Bonchev–Trinajstić information content (AvgIpc) is 3.72. The maximum absolute atomic E-state index is 12.7. The molecule has 2 amide bonds. The van der Waals surface area contributed by atoms with E-state index in [9.17, 15) is 62.7 Å². The van der Waals surface area contributed by atoms with Gasteiger partial charge in [-0.15, -0.1) is 0 Å². The van der Waals surface area contributed by atoms with Crippen molar-refractivity contribution in [3.63, 3.8) is 0 Å². The molecule has 0 aromatic carbocycles. The van der Waals surface area contributed by atoms with Crippen LogP contribution in [0.3, 0.4) is 0 Å². The van der Waals surface area contributed by atoms with Gasteiger partial charge in [0.15, 0.2) is 22.8 Å². The number of rotatable bonds is 26. The van der Waals surface area contributed by atoms with E-state index in [0.717, 1.165) is 41.5 Å². The molecule has 2 aromatic heterocycles. The topological polar surface area (TPSA) is 401 Å². The van der Waals surface area contributed by atoms with Crippen LogP contribution >= 0.6 is 35.2 Å². The minimum absolute atomic E-state index is 0.0224. The number of nitrogens with two attached hydrogens (primary N) is 1. The van der Waals surface area contributed by atoms with Gasteiger partial charge in [-0.2, -0.15) is 4.31 Å². The maximum Gasteiger partial charge on any atom is 0.481 e. The molecule has 0 spiro atoms. The normalized spacial score (nSPS) is 21.0. The zero-order valence-corrected chi connectivity index (χ0v) is 36.1. The molecule has 0 aliphatic carbocycles. The molecule has 1 fully saturated rings. The number of carboxylic acid groups (broad SMARTS) is 1. The Labute approximate surface area is 351 Å². The van der Waals surface area contributed by atoms with E-state index in [1.807, 2.05) is 6.08 Å². The van der Waals surface area contributed by atoms with Gasteiger partial charge in [0.25, 0.3) is 0 Å². The van der Waals surface area contributed by atoms with E-state index in [2.05, 4.69) is 34.4 Å². The summed E-state index contributed by atoms with van der Waals surface area (Å²) in [5.74, 6) is -2.24. The number of phosphoric acid groups is 3. The van der Waals surface area contributed by atoms with Crippen LogP contribution in [0, 0.1) is 5.41 Å². The lowest BCUT2D eigenvalue weighted by atomic mass is 9.87. The number of imidazole rings is 1. The standard InChI is InChI=1S/C31H48N7O19P3S/c1-31(2,26(44)29(45)34-12-11-20(39)33-13-14-61-22(42)10-8-6-4-3-5-7-9-21(40)41)16-54-60(51,52)57-59(49,50)53-15-19-25(56-58(46,47)48)24(43)30(55-19)38-18-37-23-27(32)35-17-36-28(23)38/h6-9,17-19,24-26,30,43-44H,3-5,10-16H2,1-2H3,(H,33,39)(H,34,45)(H,40,41)(H,49,50)(H,51,52)(H2,32,35,36)(H2,46,47,48)/b8-6+,9-7+. The van der Waals surface area contributed by atoms with Gasteiger partial charge >= 0.3 is 29.4 Å². The number of carboxylic acids is 1. The first kappa shape index (κ1) is 51.9. The van der Waals surface area contributed by atoms with E-state index in [4.69, 9.17) is 24.6 Å². The Bertz CT molecular complexity index is 2050. The zero-order chi connectivity index (χ0) is 45.6. The summed E-state index contributed by atoms with van der Waals surface area (Å²) >= 11 is 1.02. The number of aliphatic hydroxyl groups excluding tert-OH is 2. The molecule has 61 heavy (non-hydrogen) atoms. The number of amides is 2. The van der Waals surface area contributed by atoms with Crippen LogP contribution in [0.5, 0.6) is 0 Å². The van der Waals surface area contributed by atoms with Crippen LogP contribution in [0.4, 0.5) is 5.82 Å². The molecule has 1 aliphatic heterocycles. The van der Waals surface area contributed by atoms with Crippen molar-refractivity contribution in [2.24, 2.45) is 5.41 Å². The number of aromatic nitrogens is 4. The van der Waals surface area contributed by atoms with Gasteiger partial charge in [-0.3, -0.25) is 32.5 Å². The molecule has 11 N–H and O–H groups in total.